The number of carbonyl (C=O) groups excluding carboxylic acids is 1. The van der Waals surface area contributed by atoms with E-state index in [1.807, 2.05) is 30.3 Å². The zero-order chi connectivity index (χ0) is 23.3. The van der Waals surface area contributed by atoms with Crippen molar-refractivity contribution in [1.29, 1.82) is 0 Å². The van der Waals surface area contributed by atoms with Gasteiger partial charge in [-0.25, -0.2) is 4.98 Å². The minimum Gasteiger partial charge on any atom is -0.356 e. The molecule has 0 aliphatic carbocycles. The standard InChI is InChI=1S/C25H24ClN5O2S/c26-19-5-1-4-18(16-19)22-29-25(33-30-22)21-7-2-11-27-23(21)31-13-9-17(10-14-31)24(32)28-12-8-20-6-3-15-34-20/h1-7,11,15-17H,8-10,12-14H2,(H,28,32). The van der Waals surface area contributed by atoms with Gasteiger partial charge in [0.05, 0.1) is 5.56 Å². The monoisotopic (exact) mass is 493 g/mol. The van der Waals surface area contributed by atoms with Crippen LogP contribution in [0.15, 0.2) is 64.6 Å². The Hall–Kier alpha value is -3.23. The van der Waals surface area contributed by atoms with E-state index in [1.165, 1.54) is 4.88 Å². The molecule has 1 fully saturated rings. The normalized spacial score (nSPS) is 14.3. The van der Waals surface area contributed by atoms with E-state index in [2.05, 4.69) is 36.8 Å². The van der Waals surface area contributed by atoms with E-state index in [0.717, 1.165) is 49.3 Å². The first-order valence-electron chi connectivity index (χ1n) is 11.3. The Balaban J connectivity index is 1.23. The molecule has 4 aromatic rings. The number of amides is 1. The summed E-state index contributed by atoms with van der Waals surface area (Å²) in [5.74, 6) is 1.84. The van der Waals surface area contributed by atoms with Crippen LogP contribution in [0.2, 0.25) is 5.02 Å². The molecule has 34 heavy (non-hydrogen) atoms. The first-order valence-corrected chi connectivity index (χ1v) is 12.5. The van der Waals surface area contributed by atoms with Crippen LogP contribution in [0.1, 0.15) is 17.7 Å². The Labute approximate surface area is 206 Å². The lowest BCUT2D eigenvalue weighted by atomic mass is 9.95. The molecule has 5 rings (SSSR count). The summed E-state index contributed by atoms with van der Waals surface area (Å²) in [4.78, 5) is 25.3. The van der Waals surface area contributed by atoms with E-state index in [4.69, 9.17) is 16.1 Å². The molecule has 1 aliphatic heterocycles. The largest absolute Gasteiger partial charge is 0.356 e. The van der Waals surface area contributed by atoms with Crippen LogP contribution >= 0.6 is 22.9 Å². The average molecular weight is 494 g/mol. The predicted molar refractivity (Wildman–Crippen MR) is 134 cm³/mol. The van der Waals surface area contributed by atoms with Gasteiger partial charge in [0, 0.05) is 47.2 Å². The summed E-state index contributed by atoms with van der Waals surface area (Å²) < 4.78 is 5.58. The van der Waals surface area contributed by atoms with Gasteiger partial charge < -0.3 is 14.7 Å². The molecule has 0 unspecified atom stereocenters. The Morgan fingerprint density at radius 1 is 1.18 bits per heavy atom. The van der Waals surface area contributed by atoms with Crippen LogP contribution in [-0.2, 0) is 11.2 Å². The Kier molecular flexibility index (Phi) is 6.87. The first kappa shape index (κ1) is 22.6. The van der Waals surface area contributed by atoms with Gasteiger partial charge in [-0.3, -0.25) is 4.79 Å². The van der Waals surface area contributed by atoms with E-state index in [9.17, 15) is 4.79 Å². The molecular formula is C25H24ClN5O2S. The van der Waals surface area contributed by atoms with E-state index >= 15 is 0 Å². The summed E-state index contributed by atoms with van der Waals surface area (Å²) in [6.07, 6.45) is 4.19. The molecule has 0 bridgehead atoms. The number of rotatable bonds is 7. The molecule has 174 valence electrons. The topological polar surface area (TPSA) is 84.2 Å². The SMILES string of the molecule is O=C(NCCc1cccs1)C1CCN(c2ncccc2-c2nc(-c3cccc(Cl)c3)no2)CC1. The van der Waals surface area contributed by atoms with Crippen LogP contribution in [0, 0.1) is 5.92 Å². The number of carbonyl (C=O) groups is 1. The maximum Gasteiger partial charge on any atom is 0.261 e. The van der Waals surface area contributed by atoms with Crippen LogP contribution in [0.5, 0.6) is 0 Å². The third-order valence-electron chi connectivity index (χ3n) is 5.94. The second-order valence-electron chi connectivity index (χ2n) is 8.19. The molecule has 4 heterocycles. The number of aromatic nitrogens is 3. The summed E-state index contributed by atoms with van der Waals surface area (Å²) in [6.45, 7) is 2.15. The van der Waals surface area contributed by atoms with Crippen molar-refractivity contribution in [3.8, 4) is 22.8 Å². The van der Waals surface area contributed by atoms with Crippen molar-refractivity contribution in [1.82, 2.24) is 20.4 Å². The average Bonchev–Trinajstić information content (AvgIpc) is 3.57. The Morgan fingerprint density at radius 2 is 2.06 bits per heavy atom. The molecule has 0 saturated carbocycles. The Morgan fingerprint density at radius 3 is 2.85 bits per heavy atom. The molecular weight excluding hydrogens is 470 g/mol. The van der Waals surface area contributed by atoms with Gasteiger partial charge in [-0.15, -0.1) is 11.3 Å². The maximum atomic E-state index is 12.6. The van der Waals surface area contributed by atoms with Gasteiger partial charge in [-0.05, 0) is 55.0 Å². The molecule has 1 amide bonds. The van der Waals surface area contributed by atoms with Gasteiger partial charge in [0.2, 0.25) is 11.7 Å². The molecule has 0 atom stereocenters. The number of nitrogens with zero attached hydrogens (tertiary/aromatic N) is 4. The smallest absolute Gasteiger partial charge is 0.261 e. The molecule has 0 radical (unpaired) electrons. The van der Waals surface area contributed by atoms with Crippen molar-refractivity contribution in [2.75, 3.05) is 24.5 Å². The summed E-state index contributed by atoms with van der Waals surface area (Å²) >= 11 is 7.82. The van der Waals surface area contributed by atoms with E-state index in [1.54, 1.807) is 29.7 Å². The van der Waals surface area contributed by atoms with Crippen molar-refractivity contribution in [3.63, 3.8) is 0 Å². The lowest BCUT2D eigenvalue weighted by Gasteiger charge is -2.32. The van der Waals surface area contributed by atoms with Gasteiger partial charge in [0.25, 0.3) is 5.89 Å². The fraction of sp³-hybridized carbons (Fsp3) is 0.280. The number of pyridine rings is 1. The molecule has 0 spiro atoms. The highest BCUT2D eigenvalue weighted by Crippen LogP contribution is 2.32. The fourth-order valence-electron chi connectivity index (χ4n) is 4.16. The van der Waals surface area contributed by atoms with Gasteiger partial charge in [-0.2, -0.15) is 4.98 Å². The third kappa shape index (κ3) is 5.13. The van der Waals surface area contributed by atoms with Crippen LogP contribution < -0.4 is 10.2 Å². The molecule has 1 aliphatic rings. The van der Waals surface area contributed by atoms with Crippen molar-refractivity contribution in [2.45, 2.75) is 19.3 Å². The number of hydrogen-bond donors (Lipinski definition) is 1. The van der Waals surface area contributed by atoms with Gasteiger partial charge in [-0.1, -0.05) is 35.0 Å². The number of piperidine rings is 1. The van der Waals surface area contributed by atoms with Crippen LogP contribution in [0.4, 0.5) is 5.82 Å². The molecule has 3 aromatic heterocycles. The highest BCUT2D eigenvalue weighted by molar-refractivity contribution is 7.09. The number of thiophene rings is 1. The van der Waals surface area contributed by atoms with Crippen LogP contribution in [0.25, 0.3) is 22.8 Å². The second-order valence-corrected chi connectivity index (χ2v) is 9.66. The van der Waals surface area contributed by atoms with Gasteiger partial charge in [0.1, 0.15) is 5.82 Å². The van der Waals surface area contributed by atoms with Crippen LogP contribution in [-0.4, -0.2) is 40.7 Å². The van der Waals surface area contributed by atoms with Crippen molar-refractivity contribution in [3.05, 3.63) is 70.0 Å². The van der Waals surface area contributed by atoms with Crippen molar-refractivity contribution >= 4 is 34.7 Å². The second kappa shape index (κ2) is 10.4. The third-order valence-corrected chi connectivity index (χ3v) is 7.11. The summed E-state index contributed by atoms with van der Waals surface area (Å²) in [7, 11) is 0. The highest BCUT2D eigenvalue weighted by atomic mass is 35.5. The molecule has 7 nitrogen and oxygen atoms in total. The summed E-state index contributed by atoms with van der Waals surface area (Å²) in [5.41, 5.74) is 1.57. The van der Waals surface area contributed by atoms with Gasteiger partial charge >= 0.3 is 0 Å². The summed E-state index contributed by atoms with van der Waals surface area (Å²) in [5, 5.41) is 9.90. The van der Waals surface area contributed by atoms with E-state index < -0.39 is 0 Å². The minimum atomic E-state index is 0.0181. The number of benzene rings is 1. The van der Waals surface area contributed by atoms with Crippen molar-refractivity contribution in [2.24, 2.45) is 5.92 Å². The number of hydrogen-bond acceptors (Lipinski definition) is 7. The van der Waals surface area contributed by atoms with E-state index in [0.29, 0.717) is 23.3 Å². The number of halogens is 1. The number of anilines is 1. The summed E-state index contributed by atoms with van der Waals surface area (Å²) in [6, 6.07) is 15.3. The first-order chi connectivity index (χ1) is 16.7. The predicted octanol–water partition coefficient (Wildman–Crippen LogP) is 5.09. The lowest BCUT2D eigenvalue weighted by Crippen LogP contribution is -2.41. The zero-order valence-electron chi connectivity index (χ0n) is 18.5. The molecule has 9 heteroatoms. The lowest BCUT2D eigenvalue weighted by molar-refractivity contribution is -0.125. The Bertz CT molecular complexity index is 1250. The van der Waals surface area contributed by atoms with E-state index in [-0.39, 0.29) is 11.8 Å². The quantitative estimate of drug-likeness (QED) is 0.386. The maximum absolute atomic E-state index is 12.6. The zero-order valence-corrected chi connectivity index (χ0v) is 20.1. The number of nitrogens with one attached hydrogen (secondary N) is 1. The molecule has 1 saturated heterocycles. The minimum absolute atomic E-state index is 0.0181. The highest BCUT2D eigenvalue weighted by Gasteiger charge is 2.27. The molecule has 1 N–H and O–H groups in total. The fourth-order valence-corrected chi connectivity index (χ4v) is 5.05. The van der Waals surface area contributed by atoms with Crippen molar-refractivity contribution < 1.29 is 9.32 Å². The van der Waals surface area contributed by atoms with Crippen LogP contribution in [0.3, 0.4) is 0 Å². The van der Waals surface area contributed by atoms with Gasteiger partial charge in [0.15, 0.2) is 0 Å². The molecule has 1 aromatic carbocycles.